The molecule has 0 unspecified atom stereocenters. The summed E-state index contributed by atoms with van der Waals surface area (Å²) in [6.45, 7) is 6.50. The fourth-order valence-corrected chi connectivity index (χ4v) is 4.95. The van der Waals surface area contributed by atoms with E-state index < -0.39 is 18.0 Å². The molecule has 4 N–H and O–H groups in total. The van der Waals surface area contributed by atoms with Crippen LogP contribution in [0.15, 0.2) is 41.1 Å². The summed E-state index contributed by atoms with van der Waals surface area (Å²) in [5.41, 5.74) is 0.954. The van der Waals surface area contributed by atoms with Gasteiger partial charge in [-0.15, -0.1) is 0 Å². The van der Waals surface area contributed by atoms with Crippen LogP contribution in [-0.4, -0.2) is 48.3 Å². The molecule has 0 bridgehead atoms. The van der Waals surface area contributed by atoms with Crippen molar-refractivity contribution in [1.82, 2.24) is 21.3 Å². The Morgan fingerprint density at radius 1 is 1.08 bits per heavy atom. The first-order chi connectivity index (χ1) is 18.8. The van der Waals surface area contributed by atoms with Crippen molar-refractivity contribution in [1.29, 1.82) is 0 Å². The monoisotopic (exact) mass is 558 g/mol. The van der Waals surface area contributed by atoms with E-state index in [4.69, 9.17) is 0 Å². The van der Waals surface area contributed by atoms with Gasteiger partial charge in [-0.2, -0.15) is 11.3 Å². The van der Waals surface area contributed by atoms with Gasteiger partial charge in [0.15, 0.2) is 0 Å². The van der Waals surface area contributed by atoms with E-state index in [1.807, 2.05) is 30.7 Å². The van der Waals surface area contributed by atoms with E-state index in [0.29, 0.717) is 25.8 Å². The van der Waals surface area contributed by atoms with E-state index in [0.717, 1.165) is 24.8 Å². The molecule has 0 fully saturated rings. The predicted octanol–water partition coefficient (Wildman–Crippen LogP) is 4.17. The first-order valence-corrected chi connectivity index (χ1v) is 15.3. The summed E-state index contributed by atoms with van der Waals surface area (Å²) in [5, 5.41) is 15.4. The van der Waals surface area contributed by atoms with Gasteiger partial charge in [-0.05, 0) is 41.1 Å². The van der Waals surface area contributed by atoms with Crippen LogP contribution >= 0.6 is 11.3 Å². The Kier molecular flexibility index (Phi) is 15.2. The van der Waals surface area contributed by atoms with Crippen molar-refractivity contribution in [2.45, 2.75) is 103 Å². The Labute approximate surface area is 237 Å². The van der Waals surface area contributed by atoms with Crippen LogP contribution in [0.1, 0.15) is 84.1 Å². The van der Waals surface area contributed by atoms with Crippen LogP contribution in [0.5, 0.6) is 0 Å². The summed E-state index contributed by atoms with van der Waals surface area (Å²) in [6.07, 6.45) is 15.5. The van der Waals surface area contributed by atoms with Crippen molar-refractivity contribution in [3.63, 3.8) is 0 Å². The van der Waals surface area contributed by atoms with Gasteiger partial charge in [0.05, 0.1) is 0 Å². The van der Waals surface area contributed by atoms with E-state index in [1.165, 1.54) is 43.1 Å². The summed E-state index contributed by atoms with van der Waals surface area (Å²) in [7, 11) is 0. The Balaban J connectivity index is 2.05. The van der Waals surface area contributed by atoms with Crippen molar-refractivity contribution in [2.24, 2.45) is 5.92 Å². The SMILES string of the molecule is CCCCCCCCCC(=O)N[C@@H](Cc1ccsc1)C(=O)N[C@H]1/C=C/CCNC(=O)/C=C/[C@H](C(C)C)NC1=O. The second-order valence-corrected chi connectivity index (χ2v) is 11.2. The van der Waals surface area contributed by atoms with Gasteiger partial charge < -0.3 is 21.3 Å². The lowest BCUT2D eigenvalue weighted by Gasteiger charge is -2.25. The first-order valence-electron chi connectivity index (χ1n) is 14.3. The maximum atomic E-state index is 13.4. The van der Waals surface area contributed by atoms with Crippen LogP contribution in [0.3, 0.4) is 0 Å². The van der Waals surface area contributed by atoms with E-state index in [9.17, 15) is 19.2 Å². The molecular formula is C30H46N4O4S. The third-order valence-corrected chi connectivity index (χ3v) is 7.41. The second-order valence-electron chi connectivity index (χ2n) is 10.5. The zero-order valence-electron chi connectivity index (χ0n) is 23.7. The number of carbonyl (C=O) groups excluding carboxylic acids is 4. The summed E-state index contributed by atoms with van der Waals surface area (Å²) in [6, 6.07) is -0.144. The lowest BCUT2D eigenvalue weighted by atomic mass is 10.0. The summed E-state index contributed by atoms with van der Waals surface area (Å²) in [4.78, 5) is 51.3. The Bertz CT molecular complexity index is 958. The van der Waals surface area contributed by atoms with E-state index in [-0.39, 0.29) is 29.7 Å². The van der Waals surface area contributed by atoms with E-state index >= 15 is 0 Å². The zero-order valence-corrected chi connectivity index (χ0v) is 24.5. The molecule has 1 aromatic heterocycles. The number of unbranched alkanes of at least 4 members (excludes halogenated alkanes) is 6. The van der Waals surface area contributed by atoms with Gasteiger partial charge in [0.1, 0.15) is 12.1 Å². The minimum absolute atomic E-state index is 0.0403. The zero-order chi connectivity index (χ0) is 28.5. The van der Waals surface area contributed by atoms with Crippen molar-refractivity contribution in [3.05, 3.63) is 46.7 Å². The molecule has 0 aromatic carbocycles. The van der Waals surface area contributed by atoms with Crippen molar-refractivity contribution in [2.75, 3.05) is 6.54 Å². The summed E-state index contributed by atoms with van der Waals surface area (Å²) < 4.78 is 0. The molecular weight excluding hydrogens is 512 g/mol. The number of hydrogen-bond donors (Lipinski definition) is 4. The molecule has 0 aliphatic carbocycles. The van der Waals surface area contributed by atoms with Gasteiger partial charge >= 0.3 is 0 Å². The molecule has 39 heavy (non-hydrogen) atoms. The van der Waals surface area contributed by atoms with Gasteiger partial charge in [-0.3, -0.25) is 19.2 Å². The van der Waals surface area contributed by atoms with Crippen LogP contribution in [0.25, 0.3) is 0 Å². The number of thiophene rings is 1. The van der Waals surface area contributed by atoms with Crippen molar-refractivity contribution >= 4 is 35.0 Å². The highest BCUT2D eigenvalue weighted by Crippen LogP contribution is 2.12. The number of carbonyl (C=O) groups is 4. The minimum Gasteiger partial charge on any atom is -0.352 e. The van der Waals surface area contributed by atoms with Crippen LogP contribution in [0.2, 0.25) is 0 Å². The number of nitrogens with one attached hydrogen (secondary N) is 4. The third kappa shape index (κ3) is 13.1. The average Bonchev–Trinajstić information content (AvgIpc) is 3.41. The van der Waals surface area contributed by atoms with Gasteiger partial charge in [0.2, 0.25) is 23.6 Å². The van der Waals surface area contributed by atoms with Gasteiger partial charge in [0, 0.05) is 31.5 Å². The number of rotatable bonds is 14. The number of amides is 4. The van der Waals surface area contributed by atoms with Crippen molar-refractivity contribution < 1.29 is 19.2 Å². The molecule has 1 aliphatic heterocycles. The minimum atomic E-state index is -0.910. The Morgan fingerprint density at radius 2 is 1.82 bits per heavy atom. The maximum absolute atomic E-state index is 13.4. The second kappa shape index (κ2) is 18.4. The quantitative estimate of drug-likeness (QED) is 0.203. The smallest absolute Gasteiger partial charge is 0.247 e. The largest absolute Gasteiger partial charge is 0.352 e. The molecule has 2 rings (SSSR count). The lowest BCUT2D eigenvalue weighted by molar-refractivity contribution is -0.131. The number of hydrogen-bond acceptors (Lipinski definition) is 5. The molecule has 1 aliphatic rings. The molecule has 3 atom stereocenters. The molecule has 9 heteroatoms. The Hall–Kier alpha value is -2.94. The fraction of sp³-hybridized carbons (Fsp3) is 0.600. The van der Waals surface area contributed by atoms with Crippen molar-refractivity contribution in [3.8, 4) is 0 Å². The molecule has 8 nitrogen and oxygen atoms in total. The molecule has 0 saturated carbocycles. The highest BCUT2D eigenvalue weighted by Gasteiger charge is 2.27. The Morgan fingerprint density at radius 3 is 2.51 bits per heavy atom. The van der Waals surface area contributed by atoms with Crippen LogP contribution in [0, 0.1) is 5.92 Å². The normalized spacial score (nSPS) is 20.6. The predicted molar refractivity (Wildman–Crippen MR) is 157 cm³/mol. The molecule has 1 aromatic rings. The molecule has 2 heterocycles. The lowest BCUT2D eigenvalue weighted by Crippen LogP contribution is -2.55. The van der Waals surface area contributed by atoms with Crippen LogP contribution in [-0.2, 0) is 25.6 Å². The molecule has 0 spiro atoms. The van der Waals surface area contributed by atoms with E-state index in [2.05, 4.69) is 28.2 Å². The molecule has 216 valence electrons. The highest BCUT2D eigenvalue weighted by molar-refractivity contribution is 7.07. The average molecular weight is 559 g/mol. The molecule has 4 amide bonds. The third-order valence-electron chi connectivity index (χ3n) is 6.68. The topological polar surface area (TPSA) is 116 Å². The fourth-order valence-electron chi connectivity index (χ4n) is 4.27. The van der Waals surface area contributed by atoms with Crippen LogP contribution in [0.4, 0.5) is 0 Å². The molecule has 0 saturated heterocycles. The van der Waals surface area contributed by atoms with Crippen LogP contribution < -0.4 is 21.3 Å². The maximum Gasteiger partial charge on any atom is 0.247 e. The summed E-state index contributed by atoms with van der Waals surface area (Å²) >= 11 is 1.53. The highest BCUT2D eigenvalue weighted by atomic mass is 32.1. The first kappa shape index (κ1) is 32.3. The summed E-state index contributed by atoms with van der Waals surface area (Å²) in [5.74, 6) is -1.10. The standard InChI is InChI=1S/C30H46N4O4S/c1-4-5-6-7-8-9-10-14-28(36)32-26(20-23-17-19-39-21-23)30(38)34-25-13-11-12-18-31-27(35)16-15-24(22(2)3)33-29(25)37/h11,13,15-17,19,21-22,24-26H,4-10,12,14,18,20H2,1-3H3,(H,31,35)(H,32,36)(H,33,37)(H,34,38)/b13-11+,16-15+/t24-,25+,26+/m1/s1. The molecule has 0 radical (unpaired) electrons. The van der Waals surface area contributed by atoms with Gasteiger partial charge in [-0.1, -0.05) is 77.5 Å². The van der Waals surface area contributed by atoms with Gasteiger partial charge in [-0.25, -0.2) is 0 Å². The van der Waals surface area contributed by atoms with Gasteiger partial charge in [0.25, 0.3) is 0 Å². The van der Waals surface area contributed by atoms with E-state index in [1.54, 1.807) is 18.2 Å².